The first-order valence-electron chi connectivity index (χ1n) is 9.88. The average molecular weight is 317 g/mol. The molecule has 0 bridgehead atoms. The first-order chi connectivity index (χ1) is 11.0. The predicted molar refractivity (Wildman–Crippen MR) is 88.2 cm³/mol. The summed E-state index contributed by atoms with van der Waals surface area (Å²) in [7, 11) is 0. The van der Waals surface area contributed by atoms with Crippen molar-refractivity contribution in [2.45, 2.75) is 71.3 Å². The molecule has 9 atom stereocenters. The largest absolute Gasteiger partial charge is 0.301 e. The van der Waals surface area contributed by atoms with Gasteiger partial charge in [0.1, 0.15) is 5.78 Å². The minimum Gasteiger partial charge on any atom is -0.301 e. The SMILES string of the molecule is CC12CCC3C(CC4C5CC(ON)CCC3(C)C54)C1CCC2=O. The van der Waals surface area contributed by atoms with E-state index in [4.69, 9.17) is 10.7 Å². The molecule has 5 rings (SSSR count). The standard InChI is InChI=1S/C20H31NO2/c1-19-8-6-16-14(15(19)3-4-17(19)22)10-13-12-9-11(23-21)5-7-20(16,2)18(12)13/h11-16,18H,3-10,21H2,1-2H3. The number of rotatable bonds is 1. The molecule has 0 aliphatic heterocycles. The van der Waals surface area contributed by atoms with Gasteiger partial charge in [-0.2, -0.15) is 0 Å². The highest BCUT2D eigenvalue weighted by molar-refractivity contribution is 5.87. The van der Waals surface area contributed by atoms with Crippen LogP contribution in [-0.4, -0.2) is 11.9 Å². The van der Waals surface area contributed by atoms with Crippen molar-refractivity contribution in [3.63, 3.8) is 0 Å². The number of carbonyl (C=O) groups excluding carboxylic acids is 1. The maximum Gasteiger partial charge on any atom is 0.139 e. The number of hydrogen-bond acceptors (Lipinski definition) is 3. The van der Waals surface area contributed by atoms with E-state index < -0.39 is 0 Å². The lowest BCUT2D eigenvalue weighted by atomic mass is 9.49. The zero-order valence-corrected chi connectivity index (χ0v) is 14.6. The molecular weight excluding hydrogens is 286 g/mol. The van der Waals surface area contributed by atoms with E-state index in [9.17, 15) is 4.79 Å². The van der Waals surface area contributed by atoms with E-state index in [0.717, 1.165) is 48.9 Å². The summed E-state index contributed by atoms with van der Waals surface area (Å²) >= 11 is 0. The van der Waals surface area contributed by atoms with Crippen molar-refractivity contribution in [2.24, 2.45) is 52.2 Å². The van der Waals surface area contributed by atoms with Gasteiger partial charge in [-0.25, -0.2) is 5.90 Å². The lowest BCUT2D eigenvalue weighted by molar-refractivity contribution is -0.134. The lowest BCUT2D eigenvalue weighted by Crippen LogP contribution is -2.50. The Morgan fingerprint density at radius 2 is 1.78 bits per heavy atom. The molecular formula is C20H31NO2. The second-order valence-electron chi connectivity index (χ2n) is 9.92. The van der Waals surface area contributed by atoms with Gasteiger partial charge in [-0.1, -0.05) is 13.8 Å². The number of ketones is 1. The van der Waals surface area contributed by atoms with E-state index in [1.165, 1.54) is 32.1 Å². The minimum absolute atomic E-state index is 0.0202. The molecule has 3 nitrogen and oxygen atoms in total. The third kappa shape index (κ3) is 1.76. The van der Waals surface area contributed by atoms with Crippen LogP contribution >= 0.6 is 0 Å². The third-order valence-corrected chi connectivity index (χ3v) is 9.36. The van der Waals surface area contributed by atoms with E-state index in [0.29, 0.717) is 17.1 Å². The predicted octanol–water partition coefficient (Wildman–Crippen LogP) is 3.71. The Morgan fingerprint density at radius 1 is 1.00 bits per heavy atom. The van der Waals surface area contributed by atoms with Crippen LogP contribution in [0.5, 0.6) is 0 Å². The molecule has 5 fully saturated rings. The van der Waals surface area contributed by atoms with Crippen LogP contribution in [0.3, 0.4) is 0 Å². The summed E-state index contributed by atoms with van der Waals surface area (Å²) in [4.78, 5) is 17.8. The van der Waals surface area contributed by atoms with Gasteiger partial charge in [-0.15, -0.1) is 0 Å². The molecule has 23 heavy (non-hydrogen) atoms. The number of carbonyl (C=O) groups is 1. The van der Waals surface area contributed by atoms with E-state index in [1.54, 1.807) is 0 Å². The molecule has 0 aromatic carbocycles. The highest BCUT2D eigenvalue weighted by atomic mass is 16.6. The summed E-state index contributed by atoms with van der Waals surface area (Å²) in [5.74, 6) is 11.1. The molecule has 0 aromatic heterocycles. The zero-order valence-electron chi connectivity index (χ0n) is 14.6. The molecule has 0 radical (unpaired) electrons. The smallest absolute Gasteiger partial charge is 0.139 e. The van der Waals surface area contributed by atoms with E-state index >= 15 is 0 Å². The number of fused-ring (bicyclic) bond motifs is 5. The van der Waals surface area contributed by atoms with Crippen molar-refractivity contribution >= 4 is 5.78 Å². The highest BCUT2D eigenvalue weighted by Crippen LogP contribution is 2.75. The fourth-order valence-electron chi connectivity index (χ4n) is 8.20. The molecule has 5 aliphatic rings. The molecule has 0 heterocycles. The van der Waals surface area contributed by atoms with Gasteiger partial charge >= 0.3 is 0 Å². The van der Waals surface area contributed by atoms with Crippen molar-refractivity contribution < 1.29 is 9.63 Å². The molecule has 5 aliphatic carbocycles. The molecule has 0 amide bonds. The second kappa shape index (κ2) is 4.60. The molecule has 2 N–H and O–H groups in total. The van der Waals surface area contributed by atoms with Crippen molar-refractivity contribution in [1.29, 1.82) is 0 Å². The van der Waals surface area contributed by atoms with Crippen LogP contribution in [0.4, 0.5) is 0 Å². The van der Waals surface area contributed by atoms with Gasteiger partial charge in [0.25, 0.3) is 0 Å². The van der Waals surface area contributed by atoms with E-state index in [-0.39, 0.29) is 11.5 Å². The quantitative estimate of drug-likeness (QED) is 0.750. The van der Waals surface area contributed by atoms with Crippen molar-refractivity contribution in [1.82, 2.24) is 0 Å². The Bertz CT molecular complexity index is 548. The van der Waals surface area contributed by atoms with Gasteiger partial charge in [-0.3, -0.25) is 4.79 Å². The van der Waals surface area contributed by atoms with Crippen molar-refractivity contribution in [2.75, 3.05) is 0 Å². The van der Waals surface area contributed by atoms with Crippen LogP contribution < -0.4 is 5.90 Å². The van der Waals surface area contributed by atoms with Crippen LogP contribution in [0.15, 0.2) is 0 Å². The van der Waals surface area contributed by atoms with Gasteiger partial charge in [0.2, 0.25) is 0 Å². The lowest BCUT2D eigenvalue weighted by Gasteiger charge is -2.55. The first kappa shape index (κ1) is 14.9. The Balaban J connectivity index is 1.49. The fraction of sp³-hybridized carbons (Fsp3) is 0.950. The molecule has 5 saturated carbocycles. The maximum absolute atomic E-state index is 12.5. The molecule has 0 aromatic rings. The Kier molecular flexibility index (Phi) is 2.98. The zero-order chi connectivity index (χ0) is 16.0. The first-order valence-corrected chi connectivity index (χ1v) is 9.88. The van der Waals surface area contributed by atoms with Gasteiger partial charge in [-0.05, 0) is 85.9 Å². The van der Waals surface area contributed by atoms with E-state index in [2.05, 4.69) is 13.8 Å². The maximum atomic E-state index is 12.5. The summed E-state index contributed by atoms with van der Waals surface area (Å²) in [6.45, 7) is 4.88. The second-order valence-corrected chi connectivity index (χ2v) is 9.92. The summed E-state index contributed by atoms with van der Waals surface area (Å²) in [5, 5.41) is 0. The Morgan fingerprint density at radius 3 is 2.57 bits per heavy atom. The topological polar surface area (TPSA) is 52.3 Å². The van der Waals surface area contributed by atoms with Crippen LogP contribution in [0, 0.1) is 46.3 Å². The number of nitrogens with two attached hydrogens (primary N) is 1. The van der Waals surface area contributed by atoms with Crippen molar-refractivity contribution in [3.8, 4) is 0 Å². The summed E-state index contributed by atoms with van der Waals surface area (Å²) in [5.41, 5.74) is 0.505. The number of Topliss-reactive ketones (excluding diaryl/α,β-unsaturated/α-hetero) is 1. The van der Waals surface area contributed by atoms with Crippen molar-refractivity contribution in [3.05, 3.63) is 0 Å². The summed E-state index contributed by atoms with van der Waals surface area (Å²) in [6, 6.07) is 0. The van der Waals surface area contributed by atoms with Gasteiger partial charge < -0.3 is 4.84 Å². The van der Waals surface area contributed by atoms with Gasteiger partial charge in [0, 0.05) is 11.8 Å². The molecule has 3 heteroatoms. The van der Waals surface area contributed by atoms with E-state index in [1.807, 2.05) is 0 Å². The monoisotopic (exact) mass is 317 g/mol. The Hall–Kier alpha value is -0.410. The van der Waals surface area contributed by atoms with Gasteiger partial charge in [0.05, 0.1) is 6.10 Å². The molecule has 0 spiro atoms. The van der Waals surface area contributed by atoms with Crippen LogP contribution in [0.2, 0.25) is 0 Å². The summed E-state index contributed by atoms with van der Waals surface area (Å²) in [6.07, 6.45) is 9.72. The van der Waals surface area contributed by atoms with Gasteiger partial charge in [0.15, 0.2) is 0 Å². The van der Waals surface area contributed by atoms with Crippen LogP contribution in [0.25, 0.3) is 0 Å². The van der Waals surface area contributed by atoms with Crippen LogP contribution in [0.1, 0.15) is 65.2 Å². The third-order valence-electron chi connectivity index (χ3n) is 9.36. The average Bonchev–Trinajstić information content (AvgIpc) is 3.18. The Labute approximate surface area is 139 Å². The number of hydrogen-bond donors (Lipinski definition) is 1. The summed E-state index contributed by atoms with van der Waals surface area (Å²) < 4.78 is 0. The molecule has 0 saturated heterocycles. The van der Waals surface area contributed by atoms with Crippen LogP contribution in [-0.2, 0) is 9.63 Å². The minimum atomic E-state index is 0.0202. The fourth-order valence-corrected chi connectivity index (χ4v) is 8.20. The normalized spacial score (nSPS) is 60.5. The highest BCUT2D eigenvalue weighted by Gasteiger charge is 2.70. The molecule has 128 valence electrons. The molecule has 9 unspecified atom stereocenters.